The van der Waals surface area contributed by atoms with Crippen molar-refractivity contribution >= 4 is 16.7 Å². The van der Waals surface area contributed by atoms with Crippen LogP contribution in [0, 0.1) is 0 Å². The van der Waals surface area contributed by atoms with E-state index in [-0.39, 0.29) is 12.2 Å². The smallest absolute Gasteiger partial charge is 0.336 e. The second-order valence-corrected chi connectivity index (χ2v) is 3.85. The highest BCUT2D eigenvalue weighted by molar-refractivity contribution is 6.05. The summed E-state index contributed by atoms with van der Waals surface area (Å²) in [6.07, 6.45) is 0. The maximum atomic E-state index is 11.2. The number of carbonyl (C=O) groups is 1. The van der Waals surface area contributed by atoms with Gasteiger partial charge in [-0.3, -0.25) is 0 Å². The number of rotatable bonds is 3. The van der Waals surface area contributed by atoms with Crippen molar-refractivity contribution in [1.29, 1.82) is 0 Å². The normalized spacial score (nSPS) is 12.6. The second kappa shape index (κ2) is 4.53. The molecule has 17 heavy (non-hydrogen) atoms. The van der Waals surface area contributed by atoms with E-state index in [0.717, 1.165) is 5.39 Å². The van der Waals surface area contributed by atoms with Gasteiger partial charge in [-0.05, 0) is 17.0 Å². The fourth-order valence-corrected chi connectivity index (χ4v) is 1.96. The Balaban J connectivity index is 2.80. The van der Waals surface area contributed by atoms with E-state index < -0.39 is 12.0 Å². The van der Waals surface area contributed by atoms with E-state index in [1.54, 1.807) is 18.2 Å². The van der Waals surface area contributed by atoms with Crippen molar-refractivity contribution in [2.24, 2.45) is 5.73 Å². The Hall–Kier alpha value is -1.91. The first-order chi connectivity index (χ1) is 8.15. The molecule has 0 bridgehead atoms. The van der Waals surface area contributed by atoms with Gasteiger partial charge >= 0.3 is 5.97 Å². The van der Waals surface area contributed by atoms with Crippen molar-refractivity contribution in [2.75, 3.05) is 6.61 Å². The molecule has 0 unspecified atom stereocenters. The Morgan fingerprint density at radius 3 is 2.47 bits per heavy atom. The van der Waals surface area contributed by atoms with Gasteiger partial charge in [-0.1, -0.05) is 30.3 Å². The fraction of sp³-hybridized carbons (Fsp3) is 0.154. The lowest BCUT2D eigenvalue weighted by Gasteiger charge is -2.13. The van der Waals surface area contributed by atoms with Crippen LogP contribution in [0.3, 0.4) is 0 Å². The number of aliphatic hydroxyl groups excluding tert-OH is 1. The van der Waals surface area contributed by atoms with E-state index in [0.29, 0.717) is 10.9 Å². The Morgan fingerprint density at radius 1 is 1.24 bits per heavy atom. The lowest BCUT2D eigenvalue weighted by atomic mass is 9.95. The highest BCUT2D eigenvalue weighted by atomic mass is 16.4. The summed E-state index contributed by atoms with van der Waals surface area (Å²) in [5.41, 5.74) is 6.65. The zero-order valence-electron chi connectivity index (χ0n) is 9.13. The Morgan fingerprint density at radius 2 is 1.88 bits per heavy atom. The van der Waals surface area contributed by atoms with E-state index in [4.69, 9.17) is 15.9 Å². The number of hydrogen-bond donors (Lipinski definition) is 3. The molecule has 0 aliphatic carbocycles. The van der Waals surface area contributed by atoms with Gasteiger partial charge < -0.3 is 15.9 Å². The molecule has 0 amide bonds. The molecule has 2 aromatic rings. The minimum Gasteiger partial charge on any atom is -0.478 e. The van der Waals surface area contributed by atoms with Crippen LogP contribution in [0.5, 0.6) is 0 Å². The number of nitrogens with two attached hydrogens (primary N) is 1. The highest BCUT2D eigenvalue weighted by Gasteiger charge is 2.15. The molecule has 0 aliphatic heterocycles. The largest absolute Gasteiger partial charge is 0.478 e. The molecule has 4 nitrogen and oxygen atoms in total. The third-order valence-electron chi connectivity index (χ3n) is 2.76. The summed E-state index contributed by atoms with van der Waals surface area (Å²) in [6, 6.07) is 9.87. The van der Waals surface area contributed by atoms with Crippen molar-refractivity contribution in [3.8, 4) is 0 Å². The van der Waals surface area contributed by atoms with Gasteiger partial charge in [0.15, 0.2) is 0 Å². The van der Waals surface area contributed by atoms with Gasteiger partial charge in [0.25, 0.3) is 0 Å². The molecule has 0 radical (unpaired) electrons. The highest BCUT2D eigenvalue weighted by Crippen LogP contribution is 2.26. The van der Waals surface area contributed by atoms with Gasteiger partial charge in [-0.25, -0.2) is 4.79 Å². The SMILES string of the molecule is N[C@H](CO)c1cccc2cccc(C(=O)O)c12. The zero-order valence-corrected chi connectivity index (χ0v) is 9.13. The monoisotopic (exact) mass is 231 g/mol. The summed E-state index contributed by atoms with van der Waals surface area (Å²) >= 11 is 0. The van der Waals surface area contributed by atoms with E-state index in [2.05, 4.69) is 0 Å². The predicted octanol–water partition coefficient (Wildman–Crippen LogP) is 1.53. The molecule has 0 fully saturated rings. The second-order valence-electron chi connectivity index (χ2n) is 3.85. The molecule has 4 heteroatoms. The number of carboxylic acid groups (broad SMARTS) is 1. The molecule has 0 aliphatic rings. The van der Waals surface area contributed by atoms with Crippen LogP contribution in [-0.4, -0.2) is 22.8 Å². The molecule has 0 aromatic heterocycles. The molecule has 0 heterocycles. The van der Waals surface area contributed by atoms with Crippen LogP contribution < -0.4 is 5.73 Å². The molecular weight excluding hydrogens is 218 g/mol. The zero-order chi connectivity index (χ0) is 12.4. The molecule has 4 N–H and O–H groups in total. The third kappa shape index (κ3) is 2.00. The number of aromatic carboxylic acids is 1. The Labute approximate surface area is 98.3 Å². The first-order valence-electron chi connectivity index (χ1n) is 5.26. The van der Waals surface area contributed by atoms with E-state index in [1.807, 2.05) is 12.1 Å². The lowest BCUT2D eigenvalue weighted by molar-refractivity contribution is 0.0699. The summed E-state index contributed by atoms with van der Waals surface area (Å²) in [4.78, 5) is 11.2. The number of benzene rings is 2. The predicted molar refractivity (Wildman–Crippen MR) is 64.9 cm³/mol. The molecule has 2 aromatic carbocycles. The van der Waals surface area contributed by atoms with E-state index >= 15 is 0 Å². The Bertz CT molecular complexity index is 560. The van der Waals surface area contributed by atoms with E-state index in [1.165, 1.54) is 6.07 Å². The standard InChI is InChI=1S/C13H13NO3/c14-11(7-15)9-5-1-3-8-4-2-6-10(12(8)9)13(16)17/h1-6,11,15H,7,14H2,(H,16,17)/t11-/m1/s1. The van der Waals surface area contributed by atoms with Crippen molar-refractivity contribution < 1.29 is 15.0 Å². The van der Waals surface area contributed by atoms with Crippen LogP contribution in [0.25, 0.3) is 10.8 Å². The first kappa shape index (κ1) is 11.6. The van der Waals surface area contributed by atoms with Gasteiger partial charge in [0.2, 0.25) is 0 Å². The van der Waals surface area contributed by atoms with Crippen molar-refractivity contribution in [3.63, 3.8) is 0 Å². The quantitative estimate of drug-likeness (QED) is 0.748. The maximum absolute atomic E-state index is 11.2. The number of carboxylic acids is 1. The van der Waals surface area contributed by atoms with Gasteiger partial charge in [0, 0.05) is 5.39 Å². The molecule has 0 saturated heterocycles. The van der Waals surface area contributed by atoms with Crippen LogP contribution in [0.2, 0.25) is 0 Å². The van der Waals surface area contributed by atoms with Crippen LogP contribution in [0.15, 0.2) is 36.4 Å². The topological polar surface area (TPSA) is 83.5 Å². The first-order valence-corrected chi connectivity index (χ1v) is 5.26. The average molecular weight is 231 g/mol. The molecule has 1 atom stereocenters. The molecule has 0 saturated carbocycles. The molecule has 2 rings (SSSR count). The maximum Gasteiger partial charge on any atom is 0.336 e. The summed E-state index contributed by atoms with van der Waals surface area (Å²) in [5.74, 6) is -0.992. The van der Waals surface area contributed by atoms with Crippen molar-refractivity contribution in [2.45, 2.75) is 6.04 Å². The van der Waals surface area contributed by atoms with Crippen molar-refractivity contribution in [1.82, 2.24) is 0 Å². The van der Waals surface area contributed by atoms with Crippen molar-refractivity contribution in [3.05, 3.63) is 47.5 Å². The summed E-state index contributed by atoms with van der Waals surface area (Å²) in [6.45, 7) is -0.215. The van der Waals surface area contributed by atoms with Crippen LogP contribution in [0.1, 0.15) is 22.0 Å². The minimum atomic E-state index is -0.992. The number of aliphatic hydroxyl groups is 1. The molecule has 0 spiro atoms. The lowest BCUT2D eigenvalue weighted by Crippen LogP contribution is -2.15. The molecular formula is C13H13NO3. The summed E-state index contributed by atoms with van der Waals surface area (Å²) in [7, 11) is 0. The fourth-order valence-electron chi connectivity index (χ4n) is 1.96. The summed E-state index contributed by atoms with van der Waals surface area (Å²) < 4.78 is 0. The molecule has 88 valence electrons. The van der Waals surface area contributed by atoms with Crippen LogP contribution >= 0.6 is 0 Å². The third-order valence-corrected chi connectivity index (χ3v) is 2.76. The Kier molecular flexibility index (Phi) is 3.08. The number of fused-ring (bicyclic) bond motifs is 1. The number of hydrogen-bond acceptors (Lipinski definition) is 3. The summed E-state index contributed by atoms with van der Waals surface area (Å²) in [5, 5.41) is 19.7. The van der Waals surface area contributed by atoms with E-state index in [9.17, 15) is 4.79 Å². The van der Waals surface area contributed by atoms with Crippen LogP contribution in [0.4, 0.5) is 0 Å². The van der Waals surface area contributed by atoms with Gasteiger partial charge in [0.1, 0.15) is 0 Å². The van der Waals surface area contributed by atoms with Crippen LogP contribution in [-0.2, 0) is 0 Å². The van der Waals surface area contributed by atoms with Gasteiger partial charge in [0.05, 0.1) is 18.2 Å². The van der Waals surface area contributed by atoms with Gasteiger partial charge in [-0.15, -0.1) is 0 Å². The average Bonchev–Trinajstić information content (AvgIpc) is 2.36. The van der Waals surface area contributed by atoms with Gasteiger partial charge in [-0.2, -0.15) is 0 Å². The minimum absolute atomic E-state index is 0.210.